The number of carbonyl (C=O) groups is 1. The van der Waals surface area contributed by atoms with Crippen molar-refractivity contribution >= 4 is 23.2 Å². The van der Waals surface area contributed by atoms with Crippen LogP contribution in [0.4, 0.5) is 0 Å². The van der Waals surface area contributed by atoms with Crippen LogP contribution in [0.25, 0.3) is 6.08 Å². The van der Waals surface area contributed by atoms with Crippen molar-refractivity contribution < 1.29 is 9.90 Å². The standard InChI is InChI=1S/C12H17NO2S/c1-4-11(14)6-12(15)8(2)5-10-7-16-9(3)13-10/h5,7,12,15H,4,6H2,1-3H3/b8-5+/t12-/m0/s1. The van der Waals surface area contributed by atoms with Gasteiger partial charge in [0.05, 0.1) is 16.8 Å². The molecule has 0 unspecified atom stereocenters. The molecule has 1 heterocycles. The Morgan fingerprint density at radius 1 is 1.69 bits per heavy atom. The minimum Gasteiger partial charge on any atom is -0.388 e. The van der Waals surface area contributed by atoms with E-state index in [0.717, 1.165) is 16.3 Å². The van der Waals surface area contributed by atoms with Gasteiger partial charge in [0.25, 0.3) is 0 Å². The molecule has 0 amide bonds. The fourth-order valence-corrected chi connectivity index (χ4v) is 1.87. The molecule has 1 aromatic rings. The quantitative estimate of drug-likeness (QED) is 0.859. The first kappa shape index (κ1) is 13.1. The number of aryl methyl sites for hydroxylation is 1. The maximum Gasteiger partial charge on any atom is 0.135 e. The molecular weight excluding hydrogens is 222 g/mol. The molecule has 1 aromatic heterocycles. The summed E-state index contributed by atoms with van der Waals surface area (Å²) in [6, 6.07) is 0. The lowest BCUT2D eigenvalue weighted by Gasteiger charge is -2.09. The molecule has 0 aliphatic heterocycles. The normalized spacial score (nSPS) is 13.9. The number of ketones is 1. The summed E-state index contributed by atoms with van der Waals surface area (Å²) < 4.78 is 0. The topological polar surface area (TPSA) is 50.2 Å². The summed E-state index contributed by atoms with van der Waals surface area (Å²) in [6.07, 6.45) is 1.81. The van der Waals surface area contributed by atoms with Gasteiger partial charge in [0.2, 0.25) is 0 Å². The lowest BCUT2D eigenvalue weighted by molar-refractivity contribution is -0.120. The molecule has 0 aliphatic carbocycles. The average molecular weight is 239 g/mol. The van der Waals surface area contributed by atoms with Crippen LogP contribution in [-0.2, 0) is 4.79 Å². The van der Waals surface area contributed by atoms with Crippen LogP contribution < -0.4 is 0 Å². The first-order valence-corrected chi connectivity index (χ1v) is 6.21. The van der Waals surface area contributed by atoms with E-state index in [4.69, 9.17) is 0 Å². The first-order chi connectivity index (χ1) is 7.52. The summed E-state index contributed by atoms with van der Waals surface area (Å²) in [5, 5.41) is 12.7. The minimum absolute atomic E-state index is 0.0784. The summed E-state index contributed by atoms with van der Waals surface area (Å²) in [4.78, 5) is 15.5. The smallest absolute Gasteiger partial charge is 0.135 e. The predicted octanol–water partition coefficient (Wildman–Crippen LogP) is 2.58. The Balaban J connectivity index is 2.66. The SMILES string of the molecule is CCC(=O)C[C@H](O)/C(C)=C/c1csc(C)n1. The fourth-order valence-electron chi connectivity index (χ4n) is 1.30. The molecule has 4 heteroatoms. The summed E-state index contributed by atoms with van der Waals surface area (Å²) >= 11 is 1.57. The molecule has 1 N–H and O–H groups in total. The second kappa shape index (κ2) is 5.92. The van der Waals surface area contributed by atoms with E-state index in [9.17, 15) is 9.90 Å². The van der Waals surface area contributed by atoms with Crippen LogP contribution in [0, 0.1) is 6.92 Å². The molecule has 0 aromatic carbocycles. The van der Waals surface area contributed by atoms with Gasteiger partial charge in [0.15, 0.2) is 0 Å². The third-order valence-corrected chi connectivity index (χ3v) is 3.15. The van der Waals surface area contributed by atoms with E-state index >= 15 is 0 Å². The molecule has 88 valence electrons. The lowest BCUT2D eigenvalue weighted by atomic mass is 10.0. The van der Waals surface area contributed by atoms with Gasteiger partial charge in [-0.15, -0.1) is 11.3 Å². The molecule has 0 saturated heterocycles. The van der Waals surface area contributed by atoms with Crippen molar-refractivity contribution in [2.24, 2.45) is 0 Å². The largest absolute Gasteiger partial charge is 0.388 e. The number of nitrogens with zero attached hydrogens (tertiary/aromatic N) is 1. The highest BCUT2D eigenvalue weighted by molar-refractivity contribution is 7.09. The van der Waals surface area contributed by atoms with Gasteiger partial charge in [-0.1, -0.05) is 6.92 Å². The Morgan fingerprint density at radius 2 is 2.38 bits per heavy atom. The number of rotatable bonds is 5. The zero-order chi connectivity index (χ0) is 12.1. The number of aliphatic hydroxyl groups is 1. The number of hydrogen-bond donors (Lipinski definition) is 1. The van der Waals surface area contributed by atoms with E-state index in [-0.39, 0.29) is 12.2 Å². The van der Waals surface area contributed by atoms with Crippen LogP contribution in [0.15, 0.2) is 11.0 Å². The van der Waals surface area contributed by atoms with Crippen molar-refractivity contribution in [2.75, 3.05) is 0 Å². The Bertz CT molecular complexity index is 395. The van der Waals surface area contributed by atoms with Crippen LogP contribution in [-0.4, -0.2) is 22.0 Å². The monoisotopic (exact) mass is 239 g/mol. The fraction of sp³-hybridized carbons (Fsp3) is 0.500. The van der Waals surface area contributed by atoms with Crippen LogP contribution in [0.3, 0.4) is 0 Å². The lowest BCUT2D eigenvalue weighted by Crippen LogP contribution is -2.13. The second-order valence-corrected chi connectivity index (χ2v) is 4.85. The number of thiazole rings is 1. The molecule has 0 fully saturated rings. The summed E-state index contributed by atoms with van der Waals surface area (Å²) in [5.74, 6) is 0.0784. The van der Waals surface area contributed by atoms with Crippen LogP contribution in [0.1, 0.15) is 37.4 Å². The highest BCUT2D eigenvalue weighted by atomic mass is 32.1. The zero-order valence-electron chi connectivity index (χ0n) is 9.86. The van der Waals surface area contributed by atoms with E-state index in [1.54, 1.807) is 18.3 Å². The van der Waals surface area contributed by atoms with E-state index in [2.05, 4.69) is 4.98 Å². The minimum atomic E-state index is -0.686. The number of aromatic nitrogens is 1. The van der Waals surface area contributed by atoms with Gasteiger partial charge in [-0.3, -0.25) is 4.79 Å². The Labute approximate surface area is 99.8 Å². The highest BCUT2D eigenvalue weighted by Gasteiger charge is 2.11. The summed E-state index contributed by atoms with van der Waals surface area (Å²) in [6.45, 7) is 5.56. The van der Waals surface area contributed by atoms with Gasteiger partial charge in [-0.25, -0.2) is 4.98 Å². The molecular formula is C12H17NO2S. The molecule has 0 spiro atoms. The van der Waals surface area contributed by atoms with Gasteiger partial charge in [-0.2, -0.15) is 0 Å². The van der Waals surface area contributed by atoms with Crippen LogP contribution >= 0.6 is 11.3 Å². The van der Waals surface area contributed by atoms with Gasteiger partial charge in [-0.05, 0) is 25.5 Å². The van der Waals surface area contributed by atoms with Crippen molar-refractivity contribution in [3.8, 4) is 0 Å². The third kappa shape index (κ3) is 3.87. The Kier molecular flexibility index (Phi) is 4.83. The van der Waals surface area contributed by atoms with Crippen molar-refractivity contribution in [1.29, 1.82) is 0 Å². The molecule has 0 aliphatic rings. The Morgan fingerprint density at radius 3 is 2.88 bits per heavy atom. The maximum atomic E-state index is 11.2. The van der Waals surface area contributed by atoms with Crippen molar-refractivity contribution in [3.05, 3.63) is 21.7 Å². The second-order valence-electron chi connectivity index (χ2n) is 3.79. The summed E-state index contributed by atoms with van der Waals surface area (Å²) in [7, 11) is 0. The zero-order valence-corrected chi connectivity index (χ0v) is 10.7. The van der Waals surface area contributed by atoms with E-state index in [1.807, 2.05) is 25.3 Å². The molecule has 0 bridgehead atoms. The molecule has 3 nitrogen and oxygen atoms in total. The predicted molar refractivity (Wildman–Crippen MR) is 66.4 cm³/mol. The van der Waals surface area contributed by atoms with E-state index in [0.29, 0.717) is 6.42 Å². The van der Waals surface area contributed by atoms with Crippen molar-refractivity contribution in [1.82, 2.24) is 4.98 Å². The van der Waals surface area contributed by atoms with Gasteiger partial charge >= 0.3 is 0 Å². The first-order valence-electron chi connectivity index (χ1n) is 5.33. The van der Waals surface area contributed by atoms with Crippen molar-refractivity contribution in [2.45, 2.75) is 39.7 Å². The summed E-state index contributed by atoms with van der Waals surface area (Å²) in [5.41, 5.74) is 1.63. The third-order valence-electron chi connectivity index (χ3n) is 2.35. The molecule has 16 heavy (non-hydrogen) atoms. The Hall–Kier alpha value is -1.00. The molecule has 0 radical (unpaired) electrons. The van der Waals surface area contributed by atoms with Crippen LogP contribution in [0.5, 0.6) is 0 Å². The van der Waals surface area contributed by atoms with Crippen molar-refractivity contribution in [3.63, 3.8) is 0 Å². The van der Waals surface area contributed by atoms with Gasteiger partial charge < -0.3 is 5.11 Å². The number of Topliss-reactive ketones (excluding diaryl/α,β-unsaturated/α-hetero) is 1. The van der Waals surface area contributed by atoms with E-state index in [1.165, 1.54) is 0 Å². The average Bonchev–Trinajstić information content (AvgIpc) is 2.63. The number of hydrogen-bond acceptors (Lipinski definition) is 4. The molecule has 1 atom stereocenters. The van der Waals surface area contributed by atoms with Gasteiger partial charge in [0.1, 0.15) is 5.78 Å². The van der Waals surface area contributed by atoms with Crippen LogP contribution in [0.2, 0.25) is 0 Å². The van der Waals surface area contributed by atoms with Gasteiger partial charge in [0, 0.05) is 18.2 Å². The number of carbonyl (C=O) groups excluding carboxylic acids is 1. The molecule has 0 saturated carbocycles. The maximum absolute atomic E-state index is 11.2. The number of aliphatic hydroxyl groups excluding tert-OH is 1. The highest BCUT2D eigenvalue weighted by Crippen LogP contribution is 2.15. The molecule has 1 rings (SSSR count). The van der Waals surface area contributed by atoms with E-state index < -0.39 is 6.10 Å².